The maximum atomic E-state index is 11.6. The van der Waals surface area contributed by atoms with E-state index in [1.54, 1.807) is 12.1 Å². The highest BCUT2D eigenvalue weighted by atomic mass is 35.5. The van der Waals surface area contributed by atoms with Crippen LogP contribution in [-0.4, -0.2) is 47.9 Å². The van der Waals surface area contributed by atoms with Crippen molar-refractivity contribution < 1.29 is 24.5 Å². The predicted octanol–water partition coefficient (Wildman–Crippen LogP) is -0.666. The summed E-state index contributed by atoms with van der Waals surface area (Å²) < 4.78 is 4.62. The van der Waals surface area contributed by atoms with Crippen LogP contribution in [-0.2, 0) is 20.7 Å². The molecule has 0 saturated heterocycles. The first-order valence-electron chi connectivity index (χ1n) is 6.00. The van der Waals surface area contributed by atoms with Crippen LogP contribution in [0.1, 0.15) is 5.56 Å². The molecule has 21 heavy (non-hydrogen) atoms. The van der Waals surface area contributed by atoms with Gasteiger partial charge in [-0.15, -0.1) is 12.4 Å². The molecule has 1 amide bonds. The summed E-state index contributed by atoms with van der Waals surface area (Å²) in [7, 11) is 1.21. The molecule has 2 atom stereocenters. The molecule has 0 bridgehead atoms. The van der Waals surface area contributed by atoms with Gasteiger partial charge in [0.25, 0.3) is 0 Å². The van der Waals surface area contributed by atoms with Crippen LogP contribution in [0.15, 0.2) is 24.3 Å². The van der Waals surface area contributed by atoms with E-state index in [-0.39, 0.29) is 24.6 Å². The molecule has 1 aromatic carbocycles. The summed E-state index contributed by atoms with van der Waals surface area (Å²) in [6.07, 6.45) is 0.191. The van der Waals surface area contributed by atoms with Gasteiger partial charge in [0.2, 0.25) is 5.91 Å². The monoisotopic (exact) mass is 318 g/mol. The number of methoxy groups -OCH3 is 1. The van der Waals surface area contributed by atoms with E-state index in [4.69, 9.17) is 10.8 Å². The van der Waals surface area contributed by atoms with E-state index in [0.717, 1.165) is 5.56 Å². The Kier molecular flexibility index (Phi) is 8.37. The number of esters is 1. The van der Waals surface area contributed by atoms with Crippen molar-refractivity contribution in [3.8, 4) is 5.75 Å². The number of carbonyl (C=O) groups excluding carboxylic acids is 2. The number of phenolic OH excluding ortho intramolecular Hbond substituents is 1. The van der Waals surface area contributed by atoms with Crippen LogP contribution in [0.5, 0.6) is 5.75 Å². The van der Waals surface area contributed by atoms with Crippen LogP contribution in [0.2, 0.25) is 0 Å². The molecule has 1 aromatic rings. The normalized spacial score (nSPS) is 12.7. The fraction of sp³-hybridized carbons (Fsp3) is 0.385. The van der Waals surface area contributed by atoms with Crippen molar-refractivity contribution in [2.45, 2.75) is 18.5 Å². The molecule has 0 aromatic heterocycles. The molecule has 0 aliphatic heterocycles. The van der Waals surface area contributed by atoms with Crippen LogP contribution < -0.4 is 11.1 Å². The molecule has 0 aliphatic carbocycles. The lowest BCUT2D eigenvalue weighted by Crippen LogP contribution is -2.50. The highest BCUT2D eigenvalue weighted by Crippen LogP contribution is 2.11. The number of hydrogen-bond donors (Lipinski definition) is 4. The molecule has 7 nitrogen and oxygen atoms in total. The minimum Gasteiger partial charge on any atom is -0.508 e. The fourth-order valence-electron chi connectivity index (χ4n) is 1.56. The van der Waals surface area contributed by atoms with Crippen molar-refractivity contribution in [2.24, 2.45) is 5.73 Å². The van der Waals surface area contributed by atoms with Gasteiger partial charge >= 0.3 is 5.97 Å². The SMILES string of the molecule is COC(=O)[C@H](Cc1ccc(O)cc1)NC(=O)[C@@H](N)CO.Cl. The van der Waals surface area contributed by atoms with Gasteiger partial charge in [0.1, 0.15) is 17.8 Å². The number of hydrogen-bond acceptors (Lipinski definition) is 6. The lowest BCUT2D eigenvalue weighted by atomic mass is 10.1. The molecule has 1 rings (SSSR count). The van der Waals surface area contributed by atoms with Gasteiger partial charge in [-0.2, -0.15) is 0 Å². The van der Waals surface area contributed by atoms with Gasteiger partial charge in [-0.3, -0.25) is 4.79 Å². The molecule has 0 radical (unpaired) electrons. The van der Waals surface area contributed by atoms with Crippen molar-refractivity contribution in [3.63, 3.8) is 0 Å². The Labute approximate surface area is 128 Å². The average molecular weight is 319 g/mol. The topological polar surface area (TPSA) is 122 Å². The first-order chi connectivity index (χ1) is 9.47. The summed E-state index contributed by atoms with van der Waals surface area (Å²) in [6.45, 7) is -0.515. The number of carbonyl (C=O) groups is 2. The summed E-state index contributed by atoms with van der Waals surface area (Å²) in [6, 6.07) is 4.21. The maximum Gasteiger partial charge on any atom is 0.328 e. The minimum atomic E-state index is -1.10. The Morgan fingerprint density at radius 2 is 1.90 bits per heavy atom. The Morgan fingerprint density at radius 3 is 2.38 bits per heavy atom. The van der Waals surface area contributed by atoms with E-state index in [1.165, 1.54) is 19.2 Å². The van der Waals surface area contributed by atoms with Crippen LogP contribution >= 0.6 is 12.4 Å². The van der Waals surface area contributed by atoms with Crippen molar-refractivity contribution in [2.75, 3.05) is 13.7 Å². The zero-order chi connectivity index (χ0) is 15.1. The average Bonchev–Trinajstić information content (AvgIpc) is 2.46. The fourth-order valence-corrected chi connectivity index (χ4v) is 1.56. The van der Waals surface area contributed by atoms with Crippen molar-refractivity contribution in [1.29, 1.82) is 0 Å². The third kappa shape index (κ3) is 5.99. The Hall–Kier alpha value is -1.83. The molecule has 8 heteroatoms. The van der Waals surface area contributed by atoms with Gasteiger partial charge in [-0.1, -0.05) is 12.1 Å². The minimum absolute atomic E-state index is 0. The first kappa shape index (κ1) is 19.2. The van der Waals surface area contributed by atoms with Crippen molar-refractivity contribution >= 4 is 24.3 Å². The van der Waals surface area contributed by atoms with Gasteiger partial charge in [-0.05, 0) is 17.7 Å². The van der Waals surface area contributed by atoms with E-state index < -0.39 is 30.6 Å². The number of halogens is 1. The lowest BCUT2D eigenvalue weighted by Gasteiger charge is -2.18. The second kappa shape index (κ2) is 9.17. The number of phenols is 1. The molecule has 0 fully saturated rings. The molecular formula is C13H19ClN2O5. The highest BCUT2D eigenvalue weighted by molar-refractivity contribution is 5.87. The van der Waals surface area contributed by atoms with Gasteiger partial charge in [-0.25, -0.2) is 4.79 Å². The molecule has 5 N–H and O–H groups in total. The van der Waals surface area contributed by atoms with Gasteiger partial charge < -0.3 is 26.0 Å². The van der Waals surface area contributed by atoms with Crippen LogP contribution in [0, 0.1) is 0 Å². The summed E-state index contributed by atoms with van der Waals surface area (Å²) in [4.78, 5) is 23.2. The largest absolute Gasteiger partial charge is 0.508 e. The zero-order valence-electron chi connectivity index (χ0n) is 11.5. The zero-order valence-corrected chi connectivity index (χ0v) is 12.3. The van der Waals surface area contributed by atoms with E-state index in [2.05, 4.69) is 10.1 Å². The number of nitrogens with two attached hydrogens (primary N) is 1. The highest BCUT2D eigenvalue weighted by Gasteiger charge is 2.24. The Morgan fingerprint density at radius 1 is 1.33 bits per heavy atom. The van der Waals surface area contributed by atoms with Gasteiger partial charge in [0, 0.05) is 6.42 Å². The Balaban J connectivity index is 0.00000400. The molecule has 118 valence electrons. The number of ether oxygens (including phenoxy) is 1. The number of amides is 1. The van der Waals surface area contributed by atoms with Crippen molar-refractivity contribution in [3.05, 3.63) is 29.8 Å². The maximum absolute atomic E-state index is 11.6. The third-order valence-electron chi connectivity index (χ3n) is 2.71. The summed E-state index contributed by atoms with van der Waals surface area (Å²) in [5.74, 6) is -1.15. The smallest absolute Gasteiger partial charge is 0.328 e. The van der Waals surface area contributed by atoms with Crippen molar-refractivity contribution in [1.82, 2.24) is 5.32 Å². The number of aromatic hydroxyl groups is 1. The number of benzene rings is 1. The third-order valence-corrected chi connectivity index (χ3v) is 2.71. The Bertz CT molecular complexity index is 466. The van der Waals surface area contributed by atoms with Crippen LogP contribution in [0.3, 0.4) is 0 Å². The number of rotatable bonds is 6. The van der Waals surface area contributed by atoms with Crippen LogP contribution in [0.4, 0.5) is 0 Å². The molecule has 0 saturated carbocycles. The second-order valence-electron chi connectivity index (χ2n) is 4.24. The summed E-state index contributed by atoms with van der Waals surface area (Å²) in [5, 5.41) is 20.4. The van der Waals surface area contributed by atoms with E-state index in [0.29, 0.717) is 0 Å². The molecule has 0 aliphatic rings. The second-order valence-corrected chi connectivity index (χ2v) is 4.24. The summed E-state index contributed by atoms with van der Waals surface area (Å²) >= 11 is 0. The van der Waals surface area contributed by atoms with Gasteiger partial charge in [0.15, 0.2) is 0 Å². The molecule has 0 unspecified atom stereocenters. The predicted molar refractivity (Wildman–Crippen MR) is 78.1 cm³/mol. The number of aliphatic hydroxyl groups is 1. The number of aliphatic hydroxyl groups excluding tert-OH is 1. The molecular weight excluding hydrogens is 300 g/mol. The van der Waals surface area contributed by atoms with E-state index in [1.807, 2.05) is 0 Å². The number of nitrogens with one attached hydrogen (secondary N) is 1. The summed E-state index contributed by atoms with van der Waals surface area (Å²) in [5.41, 5.74) is 6.10. The molecule has 0 heterocycles. The van der Waals surface area contributed by atoms with E-state index in [9.17, 15) is 14.7 Å². The van der Waals surface area contributed by atoms with Crippen LogP contribution in [0.25, 0.3) is 0 Å². The van der Waals surface area contributed by atoms with Gasteiger partial charge in [0.05, 0.1) is 13.7 Å². The standard InChI is InChI=1S/C13H18N2O5.ClH/c1-20-13(19)11(15-12(18)10(14)7-16)6-8-2-4-9(17)5-3-8;/h2-5,10-11,16-17H,6-7,14H2,1H3,(H,15,18);1H/t10-,11-;/m0./s1. The first-order valence-corrected chi connectivity index (χ1v) is 6.00. The molecule has 0 spiro atoms. The lowest BCUT2D eigenvalue weighted by molar-refractivity contribution is -0.145. The quantitative estimate of drug-likeness (QED) is 0.516. The van der Waals surface area contributed by atoms with E-state index >= 15 is 0 Å².